The molecule has 7 heteroatoms. The van der Waals surface area contributed by atoms with Crippen LogP contribution in [0.4, 0.5) is 30.2 Å². The number of hydrogen-bond donors (Lipinski definition) is 2. The molecule has 0 saturated heterocycles. The van der Waals surface area contributed by atoms with Crippen LogP contribution >= 0.6 is 11.6 Å². The van der Waals surface area contributed by atoms with Crippen molar-refractivity contribution in [3.05, 3.63) is 46.7 Å². The van der Waals surface area contributed by atoms with E-state index in [0.717, 1.165) is 12.1 Å². The summed E-state index contributed by atoms with van der Waals surface area (Å²) in [5, 5.41) is 2.46. The van der Waals surface area contributed by atoms with Gasteiger partial charge in [0.15, 0.2) is 17.4 Å². The van der Waals surface area contributed by atoms with E-state index >= 15 is 0 Å². The fourth-order valence-corrected chi connectivity index (χ4v) is 1.98. The number of halogens is 4. The summed E-state index contributed by atoms with van der Waals surface area (Å²) in [6.07, 6.45) is 0. The number of ether oxygens (including phenoxy) is 1. The fourth-order valence-electron chi connectivity index (χ4n) is 1.74. The molecule has 0 aliphatic heterocycles. The second-order valence-electron chi connectivity index (χ2n) is 4.17. The van der Waals surface area contributed by atoms with Crippen LogP contribution in [0.3, 0.4) is 0 Å². The molecule has 0 radical (unpaired) electrons. The molecule has 0 heterocycles. The highest BCUT2D eigenvalue weighted by molar-refractivity contribution is 6.33. The minimum Gasteiger partial charge on any atom is -0.491 e. The molecule has 3 nitrogen and oxygen atoms in total. The van der Waals surface area contributed by atoms with E-state index in [1.165, 1.54) is 6.07 Å². The van der Waals surface area contributed by atoms with Crippen LogP contribution in [0.5, 0.6) is 5.75 Å². The van der Waals surface area contributed by atoms with Gasteiger partial charge in [-0.1, -0.05) is 11.6 Å². The van der Waals surface area contributed by atoms with E-state index < -0.39 is 17.5 Å². The highest BCUT2D eigenvalue weighted by atomic mass is 35.5. The van der Waals surface area contributed by atoms with Crippen molar-refractivity contribution in [2.45, 2.75) is 6.92 Å². The molecule has 0 aliphatic carbocycles. The van der Waals surface area contributed by atoms with Crippen molar-refractivity contribution < 1.29 is 17.9 Å². The molecule has 21 heavy (non-hydrogen) atoms. The highest BCUT2D eigenvalue weighted by Crippen LogP contribution is 2.34. The monoisotopic (exact) mass is 316 g/mol. The summed E-state index contributed by atoms with van der Waals surface area (Å²) in [5.74, 6) is -2.36. The molecule has 2 aromatic carbocycles. The minimum absolute atomic E-state index is 0.0344. The number of anilines is 3. The Morgan fingerprint density at radius 2 is 1.86 bits per heavy atom. The van der Waals surface area contributed by atoms with Crippen LogP contribution in [0, 0.1) is 17.5 Å². The molecule has 2 rings (SSSR count). The van der Waals surface area contributed by atoms with Gasteiger partial charge in [0.05, 0.1) is 28.7 Å². The van der Waals surface area contributed by atoms with Gasteiger partial charge in [0, 0.05) is 18.2 Å². The lowest BCUT2D eigenvalue weighted by atomic mass is 10.2. The number of nitrogens with two attached hydrogens (primary N) is 1. The normalized spacial score (nSPS) is 10.5. The van der Waals surface area contributed by atoms with E-state index in [9.17, 15) is 13.2 Å². The molecule has 0 fully saturated rings. The van der Waals surface area contributed by atoms with E-state index in [4.69, 9.17) is 22.1 Å². The topological polar surface area (TPSA) is 47.3 Å². The van der Waals surface area contributed by atoms with Crippen molar-refractivity contribution in [1.29, 1.82) is 0 Å². The van der Waals surface area contributed by atoms with Gasteiger partial charge >= 0.3 is 0 Å². The van der Waals surface area contributed by atoms with Gasteiger partial charge in [-0.15, -0.1) is 0 Å². The van der Waals surface area contributed by atoms with Crippen LogP contribution in [-0.2, 0) is 0 Å². The Morgan fingerprint density at radius 3 is 2.48 bits per heavy atom. The van der Waals surface area contributed by atoms with Crippen LogP contribution < -0.4 is 15.8 Å². The first-order valence-corrected chi connectivity index (χ1v) is 6.43. The Bertz CT molecular complexity index is 657. The molecule has 0 bridgehead atoms. The number of rotatable bonds is 4. The molecule has 0 amide bonds. The van der Waals surface area contributed by atoms with Gasteiger partial charge in [-0.2, -0.15) is 0 Å². The summed E-state index contributed by atoms with van der Waals surface area (Å²) in [6.45, 7) is 1.95. The number of benzene rings is 2. The summed E-state index contributed by atoms with van der Waals surface area (Å²) in [6, 6.07) is 3.96. The van der Waals surface area contributed by atoms with Crippen molar-refractivity contribution >= 4 is 28.7 Å². The van der Waals surface area contributed by atoms with Gasteiger partial charge in [0.25, 0.3) is 0 Å². The van der Waals surface area contributed by atoms with Crippen molar-refractivity contribution in [2.75, 3.05) is 17.7 Å². The zero-order valence-corrected chi connectivity index (χ0v) is 11.8. The number of nitrogens with one attached hydrogen (secondary N) is 1. The molecule has 3 N–H and O–H groups in total. The Hall–Kier alpha value is -2.08. The predicted molar refractivity (Wildman–Crippen MR) is 76.6 cm³/mol. The lowest BCUT2D eigenvalue weighted by Crippen LogP contribution is -2.02. The molecule has 0 aromatic heterocycles. The Kier molecular flexibility index (Phi) is 4.47. The summed E-state index contributed by atoms with van der Waals surface area (Å²) in [4.78, 5) is 0. The van der Waals surface area contributed by atoms with Crippen molar-refractivity contribution in [1.82, 2.24) is 0 Å². The maximum Gasteiger partial charge on any atom is 0.167 e. The van der Waals surface area contributed by atoms with Gasteiger partial charge in [0.2, 0.25) is 0 Å². The van der Waals surface area contributed by atoms with Crippen LogP contribution in [0.15, 0.2) is 24.3 Å². The van der Waals surface area contributed by atoms with E-state index in [2.05, 4.69) is 5.32 Å². The van der Waals surface area contributed by atoms with Gasteiger partial charge < -0.3 is 15.8 Å². The average Bonchev–Trinajstić information content (AvgIpc) is 2.38. The second-order valence-corrected chi connectivity index (χ2v) is 4.58. The highest BCUT2D eigenvalue weighted by Gasteiger charge is 2.14. The first-order valence-electron chi connectivity index (χ1n) is 6.05. The third-order valence-corrected chi connectivity index (χ3v) is 2.97. The Morgan fingerprint density at radius 1 is 1.14 bits per heavy atom. The van der Waals surface area contributed by atoms with Crippen molar-refractivity contribution in [3.8, 4) is 5.75 Å². The zero-order chi connectivity index (χ0) is 15.6. The molecule has 0 unspecified atom stereocenters. The standard InChI is InChI=1S/C14H12ClF3N2O/c1-2-21-13-6-12(11(19)5-9(13)17)20-14-8(15)3-7(16)4-10(14)18/h3-6,20H,2,19H2,1H3. The number of hydrogen-bond acceptors (Lipinski definition) is 3. The van der Waals surface area contributed by atoms with Gasteiger partial charge in [-0.3, -0.25) is 0 Å². The smallest absolute Gasteiger partial charge is 0.167 e. The van der Waals surface area contributed by atoms with Crippen molar-refractivity contribution in [2.24, 2.45) is 0 Å². The van der Waals surface area contributed by atoms with Gasteiger partial charge in [0.1, 0.15) is 5.82 Å². The molecule has 0 saturated carbocycles. The molecule has 112 valence electrons. The quantitative estimate of drug-likeness (QED) is 0.817. The number of nitrogen functional groups attached to an aromatic ring is 1. The molecule has 0 atom stereocenters. The third kappa shape index (κ3) is 3.33. The molecule has 0 aliphatic rings. The van der Waals surface area contributed by atoms with E-state index in [-0.39, 0.29) is 34.4 Å². The summed E-state index contributed by atoms with van der Waals surface area (Å²) in [5.41, 5.74) is 5.75. The lowest BCUT2D eigenvalue weighted by molar-refractivity contribution is 0.322. The van der Waals surface area contributed by atoms with Crippen LogP contribution in [-0.4, -0.2) is 6.61 Å². The minimum atomic E-state index is -0.887. The van der Waals surface area contributed by atoms with E-state index in [1.807, 2.05) is 0 Å². The van der Waals surface area contributed by atoms with Crippen LogP contribution in [0.2, 0.25) is 5.02 Å². The molecule has 0 spiro atoms. The summed E-state index contributed by atoms with van der Waals surface area (Å²) >= 11 is 5.78. The maximum absolute atomic E-state index is 13.7. The van der Waals surface area contributed by atoms with Crippen molar-refractivity contribution in [3.63, 3.8) is 0 Å². The summed E-state index contributed by atoms with van der Waals surface area (Å²) in [7, 11) is 0. The molecular weight excluding hydrogens is 305 g/mol. The second kappa shape index (κ2) is 6.13. The molecule has 2 aromatic rings. The third-order valence-electron chi connectivity index (χ3n) is 2.67. The first kappa shape index (κ1) is 15.3. The lowest BCUT2D eigenvalue weighted by Gasteiger charge is -2.14. The van der Waals surface area contributed by atoms with Crippen LogP contribution in [0.25, 0.3) is 0 Å². The Balaban J connectivity index is 2.42. The van der Waals surface area contributed by atoms with Gasteiger partial charge in [-0.25, -0.2) is 13.2 Å². The first-order chi connectivity index (χ1) is 9.92. The fraction of sp³-hybridized carbons (Fsp3) is 0.143. The molecular formula is C14H12ClF3N2O. The maximum atomic E-state index is 13.7. The SMILES string of the molecule is CCOc1cc(Nc2c(F)cc(F)cc2Cl)c(N)cc1F. The average molecular weight is 317 g/mol. The Labute approximate surface area is 124 Å². The predicted octanol–water partition coefficient (Wildman–Crippen LogP) is 4.48. The van der Waals surface area contributed by atoms with Gasteiger partial charge in [-0.05, 0) is 13.0 Å². The van der Waals surface area contributed by atoms with E-state index in [1.54, 1.807) is 6.92 Å². The largest absolute Gasteiger partial charge is 0.491 e. The van der Waals surface area contributed by atoms with Crippen LogP contribution in [0.1, 0.15) is 6.92 Å². The zero-order valence-electron chi connectivity index (χ0n) is 11.0. The summed E-state index contributed by atoms with van der Waals surface area (Å²) < 4.78 is 45.4. The van der Waals surface area contributed by atoms with E-state index in [0.29, 0.717) is 6.07 Å².